The number of nitrogens with zero attached hydrogens (tertiary/aromatic N) is 2. The number of carbonyl (C=O) groups is 1. The average molecular weight is 577 g/mol. The van der Waals surface area contributed by atoms with Gasteiger partial charge in [0.25, 0.3) is 10.0 Å². The topological polar surface area (TPSA) is 94.7 Å². The van der Waals surface area contributed by atoms with Crippen LogP contribution < -0.4 is 4.72 Å². The first-order valence-corrected chi connectivity index (χ1v) is 13.4. The van der Waals surface area contributed by atoms with Crippen molar-refractivity contribution in [1.82, 2.24) is 14.8 Å². The minimum Gasteiger partial charge on any atom is -0.377 e. The quantitative estimate of drug-likeness (QED) is 0.474. The van der Waals surface area contributed by atoms with Crippen LogP contribution in [0.2, 0.25) is 10.0 Å². The maximum absolute atomic E-state index is 13.1. The smallest absolute Gasteiger partial charge is 0.377 e. The number of fused-ring (bicyclic) bond motifs is 1. The molecule has 3 heterocycles. The van der Waals surface area contributed by atoms with Crippen LogP contribution in [-0.2, 0) is 25.1 Å². The Morgan fingerprint density at radius 2 is 1.65 bits per heavy atom. The van der Waals surface area contributed by atoms with Crippen molar-refractivity contribution in [3.05, 3.63) is 58.2 Å². The van der Waals surface area contributed by atoms with Crippen molar-refractivity contribution in [2.75, 3.05) is 44.1 Å². The molecule has 1 aromatic heterocycles. The number of H-pyrrole nitrogens is 1. The Balaban J connectivity index is 1.34. The zero-order valence-corrected chi connectivity index (χ0v) is 21.4. The van der Waals surface area contributed by atoms with Crippen LogP contribution in [0.3, 0.4) is 0 Å². The number of ether oxygens (including phenoxy) is 1. The van der Waals surface area contributed by atoms with Crippen LogP contribution in [0, 0.1) is 0 Å². The summed E-state index contributed by atoms with van der Waals surface area (Å²) in [6, 6.07) is 9.37. The Bertz CT molecular complexity index is 1450. The Morgan fingerprint density at radius 3 is 2.22 bits per heavy atom. The molecule has 0 saturated carbocycles. The third-order valence-corrected chi connectivity index (χ3v) is 8.77. The minimum atomic E-state index is -4.90. The van der Waals surface area contributed by atoms with Gasteiger partial charge in [-0.15, -0.1) is 0 Å². The monoisotopic (exact) mass is 576 g/mol. The maximum Gasteiger partial charge on any atom is 0.471 e. The normalized spacial score (nSPS) is 18.6. The first kappa shape index (κ1) is 26.1. The van der Waals surface area contributed by atoms with Crippen molar-refractivity contribution in [3.63, 3.8) is 0 Å². The van der Waals surface area contributed by atoms with Gasteiger partial charge in [0.1, 0.15) is 0 Å². The average Bonchev–Trinajstić information content (AvgIpc) is 3.22. The predicted molar refractivity (Wildman–Crippen MR) is 132 cm³/mol. The summed E-state index contributed by atoms with van der Waals surface area (Å²) in [6.45, 7) is 0.960. The van der Waals surface area contributed by atoms with Gasteiger partial charge in [0.2, 0.25) is 0 Å². The molecule has 1 amide bonds. The Kier molecular flexibility index (Phi) is 6.60. The van der Waals surface area contributed by atoms with Crippen LogP contribution in [-0.4, -0.2) is 74.7 Å². The van der Waals surface area contributed by atoms with Gasteiger partial charge in [-0.3, -0.25) is 14.4 Å². The van der Waals surface area contributed by atoms with E-state index in [0.29, 0.717) is 34.2 Å². The van der Waals surface area contributed by atoms with Gasteiger partial charge in [-0.05, 0) is 29.8 Å². The summed E-state index contributed by atoms with van der Waals surface area (Å²) in [5.74, 6) is -1.84. The Morgan fingerprint density at radius 1 is 1.00 bits per heavy atom. The van der Waals surface area contributed by atoms with Gasteiger partial charge in [-0.1, -0.05) is 35.3 Å². The highest BCUT2D eigenvalue weighted by Gasteiger charge is 2.49. The lowest BCUT2D eigenvalue weighted by Crippen LogP contribution is -2.65. The van der Waals surface area contributed by atoms with Gasteiger partial charge in [0.05, 0.1) is 44.9 Å². The maximum atomic E-state index is 13.1. The second kappa shape index (κ2) is 9.35. The van der Waals surface area contributed by atoms with Gasteiger partial charge < -0.3 is 14.6 Å². The van der Waals surface area contributed by atoms with Crippen LogP contribution in [0.1, 0.15) is 5.56 Å². The molecule has 2 aromatic carbocycles. The van der Waals surface area contributed by atoms with E-state index in [0.717, 1.165) is 10.5 Å². The zero-order chi connectivity index (χ0) is 26.6. The number of carbonyl (C=O) groups excluding carboxylic acids is 1. The van der Waals surface area contributed by atoms with Gasteiger partial charge in [-0.25, -0.2) is 8.42 Å². The number of amides is 1. The lowest BCUT2D eigenvalue weighted by molar-refractivity contribution is -0.192. The lowest BCUT2D eigenvalue weighted by Gasteiger charge is -2.52. The number of hydrogen-bond acceptors (Lipinski definition) is 5. The largest absolute Gasteiger partial charge is 0.471 e. The lowest BCUT2D eigenvalue weighted by atomic mass is 9.85. The number of rotatable bonds is 5. The molecular weight excluding hydrogens is 556 g/mol. The van der Waals surface area contributed by atoms with Crippen molar-refractivity contribution in [3.8, 4) is 0 Å². The van der Waals surface area contributed by atoms with E-state index in [1.807, 2.05) is 4.90 Å². The van der Waals surface area contributed by atoms with Gasteiger partial charge in [0, 0.05) is 37.8 Å². The third-order valence-electron chi connectivity index (χ3n) is 6.78. The molecule has 0 spiro atoms. The van der Waals surface area contributed by atoms with E-state index in [-0.39, 0.29) is 36.8 Å². The fourth-order valence-corrected chi connectivity index (χ4v) is 6.38. The summed E-state index contributed by atoms with van der Waals surface area (Å²) >= 11 is 12.3. The van der Waals surface area contributed by atoms with Crippen molar-refractivity contribution in [1.29, 1.82) is 0 Å². The van der Waals surface area contributed by atoms with Gasteiger partial charge >= 0.3 is 12.1 Å². The highest BCUT2D eigenvalue weighted by Crippen LogP contribution is 2.38. The predicted octanol–water partition coefficient (Wildman–Crippen LogP) is 4.21. The number of halogens is 5. The summed E-state index contributed by atoms with van der Waals surface area (Å²) in [5, 5.41) is 1.25. The molecule has 2 N–H and O–H groups in total. The van der Waals surface area contributed by atoms with Crippen molar-refractivity contribution in [2.45, 2.75) is 16.6 Å². The number of piperazine rings is 1. The van der Waals surface area contributed by atoms with Crippen LogP contribution in [0.25, 0.3) is 10.9 Å². The number of sulfonamides is 1. The molecule has 0 aliphatic carbocycles. The summed E-state index contributed by atoms with van der Waals surface area (Å²) in [7, 11) is -3.97. The summed E-state index contributed by atoms with van der Waals surface area (Å²) in [5.41, 5.74) is 0.905. The first-order valence-electron chi connectivity index (χ1n) is 11.2. The van der Waals surface area contributed by atoms with Gasteiger partial charge in [-0.2, -0.15) is 13.2 Å². The SMILES string of the molecule is O=C(N1CCN(C2(c3ccc(S(=O)(=O)Nc4ccc(Cl)c5c(Cl)c[nH]c45)cc3)COC2)CC1)C(F)(F)F. The molecule has 5 rings (SSSR count). The number of nitrogens with one attached hydrogen (secondary N) is 2. The van der Waals surface area contributed by atoms with Crippen LogP contribution in [0.4, 0.5) is 18.9 Å². The summed E-state index contributed by atoms with van der Waals surface area (Å²) in [6.07, 6.45) is -3.39. The molecule has 2 aliphatic heterocycles. The van der Waals surface area contributed by atoms with Crippen LogP contribution in [0.5, 0.6) is 0 Å². The standard InChI is InChI=1S/C23H21Cl2F3N4O4S/c24-16-5-6-18(20-19(16)17(25)11-29-20)30-37(34,35)15-3-1-14(2-4-15)22(12-36-13-22)32-9-7-31(8-10-32)21(33)23(26,27)28/h1-6,11,29-30H,7-10,12-13H2. The van der Waals surface area contributed by atoms with E-state index in [4.69, 9.17) is 27.9 Å². The molecule has 0 radical (unpaired) electrons. The fraction of sp³-hybridized carbons (Fsp3) is 0.348. The summed E-state index contributed by atoms with van der Waals surface area (Å²) in [4.78, 5) is 17.3. The second-order valence-corrected chi connectivity index (χ2v) is 11.4. The zero-order valence-electron chi connectivity index (χ0n) is 19.1. The second-order valence-electron chi connectivity index (χ2n) is 8.91. The Labute approximate surface area is 220 Å². The molecule has 37 heavy (non-hydrogen) atoms. The highest BCUT2D eigenvalue weighted by molar-refractivity contribution is 7.92. The summed E-state index contributed by atoms with van der Waals surface area (Å²) < 4.78 is 72.6. The molecule has 0 bridgehead atoms. The minimum absolute atomic E-state index is 0.0213. The molecule has 8 nitrogen and oxygen atoms in total. The van der Waals surface area contributed by atoms with Crippen LogP contribution >= 0.6 is 23.2 Å². The van der Waals surface area contributed by atoms with E-state index >= 15 is 0 Å². The number of anilines is 1. The van der Waals surface area contributed by atoms with Crippen molar-refractivity contribution < 1.29 is 31.1 Å². The number of alkyl halides is 3. The molecule has 2 saturated heterocycles. The van der Waals surface area contributed by atoms with Gasteiger partial charge in [0.15, 0.2) is 0 Å². The van der Waals surface area contributed by atoms with E-state index in [2.05, 4.69) is 9.71 Å². The van der Waals surface area contributed by atoms with E-state index in [1.54, 1.807) is 18.2 Å². The number of benzene rings is 2. The van der Waals surface area contributed by atoms with E-state index in [9.17, 15) is 26.4 Å². The molecule has 3 aromatic rings. The first-order chi connectivity index (χ1) is 17.4. The van der Waals surface area contributed by atoms with E-state index < -0.39 is 27.6 Å². The van der Waals surface area contributed by atoms with Crippen molar-refractivity contribution >= 4 is 55.7 Å². The van der Waals surface area contributed by atoms with E-state index in [1.165, 1.54) is 24.4 Å². The van der Waals surface area contributed by atoms with Crippen molar-refractivity contribution in [2.24, 2.45) is 0 Å². The number of aromatic nitrogens is 1. The number of aromatic amines is 1. The molecule has 0 atom stereocenters. The molecule has 2 fully saturated rings. The highest BCUT2D eigenvalue weighted by atomic mass is 35.5. The number of hydrogen-bond donors (Lipinski definition) is 2. The molecule has 14 heteroatoms. The molecular formula is C23H21Cl2F3N4O4S. The van der Waals surface area contributed by atoms with Crippen LogP contribution in [0.15, 0.2) is 47.5 Å². The molecule has 2 aliphatic rings. The molecule has 198 valence electrons. The third kappa shape index (κ3) is 4.65. The Hall–Kier alpha value is -2.51. The fourth-order valence-electron chi connectivity index (χ4n) is 4.75. The molecule has 0 unspecified atom stereocenters.